The SMILES string of the molecule is COc1ccc(/C=C/c2nc(CCl)co2)c(F)c1. The van der Waals surface area contributed by atoms with Gasteiger partial charge in [-0.1, -0.05) is 0 Å². The van der Waals surface area contributed by atoms with Crippen LogP contribution >= 0.6 is 11.6 Å². The average molecular weight is 268 g/mol. The molecule has 1 aromatic heterocycles. The van der Waals surface area contributed by atoms with E-state index in [0.717, 1.165) is 0 Å². The molecule has 94 valence electrons. The van der Waals surface area contributed by atoms with Crippen LogP contribution in [0.4, 0.5) is 4.39 Å². The van der Waals surface area contributed by atoms with Crippen molar-refractivity contribution in [3.63, 3.8) is 0 Å². The molecule has 0 bridgehead atoms. The fourth-order valence-corrected chi connectivity index (χ4v) is 1.51. The van der Waals surface area contributed by atoms with E-state index in [1.807, 2.05) is 0 Å². The number of aromatic nitrogens is 1. The van der Waals surface area contributed by atoms with Gasteiger partial charge in [-0.2, -0.15) is 0 Å². The Morgan fingerprint density at radius 1 is 1.44 bits per heavy atom. The van der Waals surface area contributed by atoms with E-state index in [1.165, 1.54) is 19.4 Å². The van der Waals surface area contributed by atoms with E-state index in [0.29, 0.717) is 22.9 Å². The Morgan fingerprint density at radius 3 is 2.89 bits per heavy atom. The van der Waals surface area contributed by atoms with Gasteiger partial charge in [0.1, 0.15) is 17.8 Å². The third-order valence-corrected chi connectivity index (χ3v) is 2.59. The summed E-state index contributed by atoms with van der Waals surface area (Å²) in [5.41, 5.74) is 1.08. The summed E-state index contributed by atoms with van der Waals surface area (Å²) in [6, 6.07) is 4.62. The lowest BCUT2D eigenvalue weighted by Crippen LogP contribution is -1.86. The molecule has 0 fully saturated rings. The zero-order valence-corrected chi connectivity index (χ0v) is 10.4. The number of hydrogen-bond acceptors (Lipinski definition) is 3. The highest BCUT2D eigenvalue weighted by Gasteiger charge is 2.02. The van der Waals surface area contributed by atoms with Crippen LogP contribution in [0.15, 0.2) is 28.9 Å². The van der Waals surface area contributed by atoms with Crippen LogP contribution in [0, 0.1) is 5.82 Å². The molecule has 1 heterocycles. The van der Waals surface area contributed by atoms with Crippen molar-refractivity contribution in [1.29, 1.82) is 0 Å². The molecule has 0 saturated carbocycles. The van der Waals surface area contributed by atoms with Gasteiger partial charge in [-0.15, -0.1) is 11.6 Å². The molecule has 0 aliphatic carbocycles. The number of benzene rings is 1. The monoisotopic (exact) mass is 267 g/mol. The van der Waals surface area contributed by atoms with Gasteiger partial charge in [-0.25, -0.2) is 9.37 Å². The molecule has 0 N–H and O–H groups in total. The zero-order valence-electron chi connectivity index (χ0n) is 9.69. The molecule has 0 spiro atoms. The first-order chi connectivity index (χ1) is 8.72. The third kappa shape index (κ3) is 2.90. The second-order valence-corrected chi connectivity index (χ2v) is 3.80. The van der Waals surface area contributed by atoms with Gasteiger partial charge in [-0.05, 0) is 18.2 Å². The minimum absolute atomic E-state index is 0.286. The minimum Gasteiger partial charge on any atom is -0.497 e. The van der Waals surface area contributed by atoms with Crippen molar-refractivity contribution >= 4 is 23.8 Å². The molecule has 3 nitrogen and oxygen atoms in total. The van der Waals surface area contributed by atoms with E-state index in [4.69, 9.17) is 20.8 Å². The molecule has 0 aliphatic rings. The van der Waals surface area contributed by atoms with Crippen LogP contribution in [0.2, 0.25) is 0 Å². The second-order valence-electron chi connectivity index (χ2n) is 3.53. The maximum absolute atomic E-state index is 13.6. The molecular formula is C13H11ClFNO2. The Labute approximate surface area is 109 Å². The fourth-order valence-electron chi connectivity index (χ4n) is 1.39. The second kappa shape index (κ2) is 5.69. The summed E-state index contributed by atoms with van der Waals surface area (Å²) in [7, 11) is 1.49. The molecule has 0 atom stereocenters. The van der Waals surface area contributed by atoms with E-state index >= 15 is 0 Å². The third-order valence-electron chi connectivity index (χ3n) is 2.32. The van der Waals surface area contributed by atoms with Crippen molar-refractivity contribution < 1.29 is 13.5 Å². The molecule has 2 aromatic rings. The predicted molar refractivity (Wildman–Crippen MR) is 67.9 cm³/mol. The highest BCUT2D eigenvalue weighted by molar-refractivity contribution is 6.16. The van der Waals surface area contributed by atoms with Crippen LogP contribution in [0.1, 0.15) is 17.1 Å². The number of hydrogen-bond donors (Lipinski definition) is 0. The van der Waals surface area contributed by atoms with Crippen LogP contribution in [-0.2, 0) is 5.88 Å². The Morgan fingerprint density at radius 2 is 2.28 bits per heavy atom. The van der Waals surface area contributed by atoms with Gasteiger partial charge in [0.2, 0.25) is 5.89 Å². The van der Waals surface area contributed by atoms with E-state index in [2.05, 4.69) is 4.98 Å². The minimum atomic E-state index is -0.366. The molecule has 18 heavy (non-hydrogen) atoms. The standard InChI is InChI=1S/C13H11ClFNO2/c1-17-11-4-2-9(12(15)6-11)3-5-13-16-10(7-14)8-18-13/h2-6,8H,7H2,1H3/b5-3+. The summed E-state index contributed by atoms with van der Waals surface area (Å²) in [5, 5.41) is 0. The van der Waals surface area contributed by atoms with Crippen molar-refractivity contribution in [1.82, 2.24) is 4.98 Å². The Hall–Kier alpha value is -1.81. The van der Waals surface area contributed by atoms with Gasteiger partial charge >= 0.3 is 0 Å². The number of nitrogens with zero attached hydrogens (tertiary/aromatic N) is 1. The number of oxazole rings is 1. The van der Waals surface area contributed by atoms with E-state index in [9.17, 15) is 4.39 Å². The van der Waals surface area contributed by atoms with Gasteiger partial charge in [-0.3, -0.25) is 0 Å². The van der Waals surface area contributed by atoms with Crippen LogP contribution < -0.4 is 4.74 Å². The van der Waals surface area contributed by atoms with Crippen molar-refractivity contribution in [2.75, 3.05) is 7.11 Å². The molecule has 0 saturated heterocycles. The summed E-state index contributed by atoms with van der Waals surface area (Å²) in [6.07, 6.45) is 4.64. The van der Waals surface area contributed by atoms with Gasteiger partial charge < -0.3 is 9.15 Å². The fraction of sp³-hybridized carbons (Fsp3) is 0.154. The first-order valence-electron chi connectivity index (χ1n) is 5.25. The van der Waals surface area contributed by atoms with Crippen molar-refractivity contribution in [3.05, 3.63) is 47.4 Å². The normalized spacial score (nSPS) is 11.1. The molecule has 0 radical (unpaired) electrons. The highest BCUT2D eigenvalue weighted by Crippen LogP contribution is 2.18. The maximum atomic E-state index is 13.6. The number of halogens is 2. The molecule has 2 rings (SSSR count). The molecule has 0 aliphatic heterocycles. The van der Waals surface area contributed by atoms with Crippen LogP contribution in [-0.4, -0.2) is 12.1 Å². The van der Waals surface area contributed by atoms with Gasteiger partial charge in [0.05, 0.1) is 18.7 Å². The zero-order chi connectivity index (χ0) is 13.0. The summed E-state index contributed by atoms with van der Waals surface area (Å²) < 4.78 is 23.7. The van der Waals surface area contributed by atoms with E-state index in [1.54, 1.807) is 24.3 Å². The smallest absolute Gasteiger partial charge is 0.218 e. The molecule has 1 aromatic carbocycles. The quantitative estimate of drug-likeness (QED) is 0.792. The van der Waals surface area contributed by atoms with Crippen molar-refractivity contribution in [3.8, 4) is 5.75 Å². The van der Waals surface area contributed by atoms with Crippen molar-refractivity contribution in [2.24, 2.45) is 0 Å². The summed E-state index contributed by atoms with van der Waals surface area (Å²) >= 11 is 5.60. The van der Waals surface area contributed by atoms with Crippen LogP contribution in [0.25, 0.3) is 12.2 Å². The first-order valence-corrected chi connectivity index (χ1v) is 5.78. The highest BCUT2D eigenvalue weighted by atomic mass is 35.5. The van der Waals surface area contributed by atoms with Crippen molar-refractivity contribution in [2.45, 2.75) is 5.88 Å². The number of alkyl halides is 1. The number of rotatable bonds is 4. The molecule has 0 unspecified atom stereocenters. The first kappa shape index (κ1) is 12.6. The lowest BCUT2D eigenvalue weighted by molar-refractivity contribution is 0.411. The summed E-state index contributed by atoms with van der Waals surface area (Å²) in [5.74, 6) is 0.787. The van der Waals surface area contributed by atoms with Gasteiger partial charge in [0.25, 0.3) is 0 Å². The van der Waals surface area contributed by atoms with Crippen LogP contribution in [0.3, 0.4) is 0 Å². The summed E-state index contributed by atoms with van der Waals surface area (Å²) in [6.45, 7) is 0. The Bertz CT molecular complexity index is 566. The largest absolute Gasteiger partial charge is 0.497 e. The molecule has 0 amide bonds. The van der Waals surface area contributed by atoms with Gasteiger partial charge in [0, 0.05) is 17.7 Å². The average Bonchev–Trinajstić information content (AvgIpc) is 2.85. The van der Waals surface area contributed by atoms with Crippen LogP contribution in [0.5, 0.6) is 5.75 Å². The molecule has 5 heteroatoms. The van der Waals surface area contributed by atoms with E-state index < -0.39 is 0 Å². The predicted octanol–water partition coefficient (Wildman–Crippen LogP) is 3.73. The number of methoxy groups -OCH3 is 1. The van der Waals surface area contributed by atoms with Gasteiger partial charge in [0.15, 0.2) is 0 Å². The Balaban J connectivity index is 2.18. The molecular weight excluding hydrogens is 257 g/mol. The number of ether oxygens (including phenoxy) is 1. The lowest BCUT2D eigenvalue weighted by atomic mass is 10.2. The lowest BCUT2D eigenvalue weighted by Gasteiger charge is -2.01. The Kier molecular flexibility index (Phi) is 3.99. The van der Waals surface area contributed by atoms with E-state index in [-0.39, 0.29) is 11.7 Å². The summed E-state index contributed by atoms with van der Waals surface area (Å²) in [4.78, 5) is 4.07. The maximum Gasteiger partial charge on any atom is 0.218 e. The topological polar surface area (TPSA) is 35.3 Å².